The maximum absolute atomic E-state index is 12.4. The molecule has 2 nitrogen and oxygen atoms in total. The zero-order valence-electron chi connectivity index (χ0n) is 7.21. The fourth-order valence-electron chi connectivity index (χ4n) is 0.803. The third-order valence-corrected chi connectivity index (χ3v) is 1.35. The maximum Gasteiger partial charge on any atom is 0.343 e. The smallest absolute Gasteiger partial charge is 0.343 e. The van der Waals surface area contributed by atoms with E-state index in [0.29, 0.717) is 11.3 Å². The Bertz CT molecular complexity index is 327. The molecule has 0 amide bonds. The fourth-order valence-corrected chi connectivity index (χ4v) is 0.803. The molecule has 0 bridgehead atoms. The number of allylic oxidation sites excluding steroid dienone is 1. The number of benzene rings is 1. The minimum atomic E-state index is -0.521. The van der Waals surface area contributed by atoms with Gasteiger partial charge in [0.1, 0.15) is 5.82 Å². The van der Waals surface area contributed by atoms with E-state index in [4.69, 9.17) is 4.74 Å². The Morgan fingerprint density at radius 3 is 2.38 bits per heavy atom. The standard InChI is InChI=1S/C10H9FO2/c1-7(2)13-10(12)8-3-5-9(11)6-4-8/h3-6H,1H2,2H3. The number of halogens is 1. The molecule has 3 heteroatoms. The van der Waals surface area contributed by atoms with Crippen LogP contribution in [-0.2, 0) is 4.74 Å². The molecule has 13 heavy (non-hydrogen) atoms. The van der Waals surface area contributed by atoms with E-state index in [9.17, 15) is 9.18 Å². The van der Waals surface area contributed by atoms with Crippen molar-refractivity contribution in [2.45, 2.75) is 6.92 Å². The molecule has 0 unspecified atom stereocenters. The quantitative estimate of drug-likeness (QED) is 0.516. The fraction of sp³-hybridized carbons (Fsp3) is 0.100. The molecule has 0 atom stereocenters. The normalized spacial score (nSPS) is 9.38. The van der Waals surface area contributed by atoms with Crippen LogP contribution in [0.4, 0.5) is 4.39 Å². The molecule has 0 aliphatic heterocycles. The topological polar surface area (TPSA) is 26.3 Å². The van der Waals surface area contributed by atoms with Gasteiger partial charge in [0.2, 0.25) is 0 Å². The van der Waals surface area contributed by atoms with Gasteiger partial charge in [-0.15, -0.1) is 0 Å². The van der Waals surface area contributed by atoms with Gasteiger partial charge in [-0.2, -0.15) is 0 Å². The van der Waals surface area contributed by atoms with Crippen LogP contribution in [0.2, 0.25) is 0 Å². The van der Waals surface area contributed by atoms with Crippen molar-refractivity contribution in [3.8, 4) is 0 Å². The van der Waals surface area contributed by atoms with Gasteiger partial charge in [-0.3, -0.25) is 0 Å². The van der Waals surface area contributed by atoms with Crippen molar-refractivity contribution in [1.29, 1.82) is 0 Å². The first-order valence-electron chi connectivity index (χ1n) is 3.73. The van der Waals surface area contributed by atoms with Crippen LogP contribution in [0.5, 0.6) is 0 Å². The summed E-state index contributed by atoms with van der Waals surface area (Å²) in [7, 11) is 0. The van der Waals surface area contributed by atoms with E-state index in [-0.39, 0.29) is 5.82 Å². The maximum atomic E-state index is 12.4. The minimum absolute atomic E-state index is 0.310. The molecule has 0 N–H and O–H groups in total. The van der Waals surface area contributed by atoms with Crippen molar-refractivity contribution >= 4 is 5.97 Å². The van der Waals surface area contributed by atoms with Gasteiger partial charge in [0, 0.05) is 0 Å². The monoisotopic (exact) mass is 180 g/mol. The van der Waals surface area contributed by atoms with Crippen molar-refractivity contribution < 1.29 is 13.9 Å². The highest BCUT2D eigenvalue weighted by molar-refractivity contribution is 5.89. The Hall–Kier alpha value is -1.64. The number of hydrogen-bond donors (Lipinski definition) is 0. The Morgan fingerprint density at radius 1 is 1.38 bits per heavy atom. The first-order chi connectivity index (χ1) is 6.09. The lowest BCUT2D eigenvalue weighted by Gasteiger charge is -2.01. The van der Waals surface area contributed by atoms with Gasteiger partial charge in [-0.25, -0.2) is 9.18 Å². The van der Waals surface area contributed by atoms with Gasteiger partial charge in [0.05, 0.1) is 11.3 Å². The lowest BCUT2D eigenvalue weighted by Crippen LogP contribution is -2.02. The number of carbonyl (C=O) groups excluding carboxylic acids is 1. The average molecular weight is 180 g/mol. The molecular weight excluding hydrogens is 171 g/mol. The highest BCUT2D eigenvalue weighted by Gasteiger charge is 2.06. The first kappa shape index (κ1) is 9.45. The van der Waals surface area contributed by atoms with Gasteiger partial charge < -0.3 is 4.74 Å². The van der Waals surface area contributed by atoms with Crippen LogP contribution in [0.1, 0.15) is 17.3 Å². The molecule has 0 fully saturated rings. The highest BCUT2D eigenvalue weighted by atomic mass is 19.1. The summed E-state index contributed by atoms with van der Waals surface area (Å²) in [6.45, 7) is 4.99. The molecule has 1 aromatic carbocycles. The van der Waals surface area contributed by atoms with E-state index >= 15 is 0 Å². The van der Waals surface area contributed by atoms with Crippen LogP contribution in [0.3, 0.4) is 0 Å². The Balaban J connectivity index is 2.78. The predicted octanol–water partition coefficient (Wildman–Crippen LogP) is 2.52. The summed E-state index contributed by atoms with van der Waals surface area (Å²) in [6.07, 6.45) is 0. The molecular formula is C10H9FO2. The number of ether oxygens (including phenoxy) is 1. The second-order valence-electron chi connectivity index (χ2n) is 2.60. The molecule has 0 aliphatic carbocycles. The van der Waals surface area contributed by atoms with Crippen molar-refractivity contribution in [2.24, 2.45) is 0 Å². The summed E-state index contributed by atoms with van der Waals surface area (Å²) in [4.78, 5) is 11.2. The van der Waals surface area contributed by atoms with E-state index in [0.717, 1.165) is 0 Å². The van der Waals surface area contributed by atoms with Crippen LogP contribution in [-0.4, -0.2) is 5.97 Å². The molecule has 0 aromatic heterocycles. The Labute approximate surface area is 75.6 Å². The average Bonchev–Trinajstić information content (AvgIpc) is 2.04. The second-order valence-corrected chi connectivity index (χ2v) is 2.60. The summed E-state index contributed by atoms with van der Waals surface area (Å²) in [5.74, 6) is -0.589. The summed E-state index contributed by atoms with van der Waals surface area (Å²) >= 11 is 0. The minimum Gasteiger partial charge on any atom is -0.428 e. The van der Waals surface area contributed by atoms with Crippen molar-refractivity contribution in [1.82, 2.24) is 0 Å². The van der Waals surface area contributed by atoms with E-state index in [1.165, 1.54) is 24.3 Å². The number of rotatable bonds is 2. The van der Waals surface area contributed by atoms with E-state index < -0.39 is 5.97 Å². The third kappa shape index (κ3) is 2.71. The summed E-state index contributed by atoms with van der Waals surface area (Å²) in [5, 5.41) is 0. The lowest BCUT2D eigenvalue weighted by atomic mass is 10.2. The number of carbonyl (C=O) groups is 1. The Morgan fingerprint density at radius 2 is 1.92 bits per heavy atom. The van der Waals surface area contributed by atoms with Gasteiger partial charge in [-0.05, 0) is 31.2 Å². The molecule has 0 heterocycles. The van der Waals surface area contributed by atoms with E-state index in [2.05, 4.69) is 6.58 Å². The van der Waals surface area contributed by atoms with Crippen LogP contribution >= 0.6 is 0 Å². The SMILES string of the molecule is C=C(C)OC(=O)c1ccc(F)cc1. The van der Waals surface area contributed by atoms with Crippen LogP contribution in [0.15, 0.2) is 36.6 Å². The molecule has 0 saturated heterocycles. The van der Waals surface area contributed by atoms with Crippen molar-refractivity contribution in [3.63, 3.8) is 0 Å². The molecule has 1 rings (SSSR count). The van der Waals surface area contributed by atoms with E-state index in [1.807, 2.05) is 0 Å². The summed E-state index contributed by atoms with van der Waals surface area (Å²) in [5.41, 5.74) is 0.310. The molecule has 0 radical (unpaired) electrons. The molecule has 1 aromatic rings. The first-order valence-corrected chi connectivity index (χ1v) is 3.73. The lowest BCUT2D eigenvalue weighted by molar-refractivity contribution is 0.0628. The van der Waals surface area contributed by atoms with Gasteiger partial charge in [0.15, 0.2) is 0 Å². The number of hydrogen-bond acceptors (Lipinski definition) is 2. The van der Waals surface area contributed by atoms with Crippen molar-refractivity contribution in [3.05, 3.63) is 48.0 Å². The second kappa shape index (κ2) is 3.85. The summed E-state index contributed by atoms with van der Waals surface area (Å²) in [6, 6.07) is 5.13. The molecule has 0 aliphatic rings. The van der Waals surface area contributed by atoms with Gasteiger partial charge >= 0.3 is 5.97 Å². The largest absolute Gasteiger partial charge is 0.428 e. The van der Waals surface area contributed by atoms with Gasteiger partial charge in [-0.1, -0.05) is 6.58 Å². The van der Waals surface area contributed by atoms with E-state index in [1.54, 1.807) is 6.92 Å². The molecule has 68 valence electrons. The third-order valence-electron chi connectivity index (χ3n) is 1.35. The Kier molecular flexibility index (Phi) is 2.80. The number of esters is 1. The highest BCUT2D eigenvalue weighted by Crippen LogP contribution is 2.06. The predicted molar refractivity (Wildman–Crippen MR) is 46.6 cm³/mol. The molecule has 0 spiro atoms. The van der Waals surface area contributed by atoms with Gasteiger partial charge in [0.25, 0.3) is 0 Å². The zero-order chi connectivity index (χ0) is 9.84. The van der Waals surface area contributed by atoms with Crippen LogP contribution in [0, 0.1) is 5.82 Å². The zero-order valence-corrected chi connectivity index (χ0v) is 7.21. The summed E-state index contributed by atoms with van der Waals surface area (Å²) < 4.78 is 17.2. The van der Waals surface area contributed by atoms with Crippen LogP contribution in [0.25, 0.3) is 0 Å². The molecule has 0 saturated carbocycles. The van der Waals surface area contributed by atoms with Crippen molar-refractivity contribution in [2.75, 3.05) is 0 Å². The van der Waals surface area contributed by atoms with Crippen LogP contribution < -0.4 is 0 Å².